The Morgan fingerprint density at radius 3 is 1.91 bits per heavy atom. The first kappa shape index (κ1) is 20.2. The lowest BCUT2D eigenvalue weighted by atomic mass is 10.0. The monoisotopic (exact) mass is 440 g/mol. The van der Waals surface area contributed by atoms with Crippen LogP contribution < -0.4 is 10.6 Å². The molecular formula is C32H25P. The van der Waals surface area contributed by atoms with Gasteiger partial charge < -0.3 is 0 Å². The van der Waals surface area contributed by atoms with E-state index < -0.39 is 7.92 Å². The second-order valence-electron chi connectivity index (χ2n) is 8.58. The van der Waals surface area contributed by atoms with Crippen molar-refractivity contribution in [2.24, 2.45) is 0 Å². The van der Waals surface area contributed by atoms with Crippen molar-refractivity contribution in [1.29, 1.82) is 0 Å². The minimum atomic E-state index is -0.491. The standard InChI is InChI=1S/C32H25P/c1-2-13-28(14-3-1)33(21-20-24-18-19-25-10-4-5-11-26(25)22-24)32-23-27-12-6-7-15-29(27)30-16-8-9-17-31(30)32/h1-19,22-23H,20-21H2. The van der Waals surface area contributed by atoms with Gasteiger partial charge in [0.1, 0.15) is 0 Å². The van der Waals surface area contributed by atoms with E-state index >= 15 is 0 Å². The van der Waals surface area contributed by atoms with Gasteiger partial charge in [-0.1, -0.05) is 121 Å². The van der Waals surface area contributed by atoms with E-state index in [1.54, 1.807) is 0 Å². The zero-order valence-corrected chi connectivity index (χ0v) is 19.4. The quantitative estimate of drug-likeness (QED) is 0.189. The number of aryl methyl sites for hydroxylation is 1. The Balaban J connectivity index is 1.46. The summed E-state index contributed by atoms with van der Waals surface area (Å²) < 4.78 is 0. The summed E-state index contributed by atoms with van der Waals surface area (Å²) in [5.41, 5.74) is 1.42. The molecule has 0 fully saturated rings. The first-order valence-corrected chi connectivity index (χ1v) is 13.1. The van der Waals surface area contributed by atoms with Crippen molar-refractivity contribution in [3.63, 3.8) is 0 Å². The summed E-state index contributed by atoms with van der Waals surface area (Å²) in [4.78, 5) is 0. The first-order valence-electron chi connectivity index (χ1n) is 11.6. The van der Waals surface area contributed by atoms with Crippen LogP contribution in [0.5, 0.6) is 0 Å². The van der Waals surface area contributed by atoms with E-state index in [0.29, 0.717) is 0 Å². The van der Waals surface area contributed by atoms with Crippen LogP contribution in [-0.4, -0.2) is 6.16 Å². The molecule has 0 bridgehead atoms. The molecule has 6 aromatic rings. The zero-order chi connectivity index (χ0) is 22.0. The van der Waals surface area contributed by atoms with Crippen LogP contribution in [0.15, 0.2) is 127 Å². The highest BCUT2D eigenvalue weighted by atomic mass is 31.1. The van der Waals surface area contributed by atoms with E-state index in [2.05, 4.69) is 127 Å². The van der Waals surface area contributed by atoms with Gasteiger partial charge in [-0.3, -0.25) is 0 Å². The molecule has 0 aliphatic rings. The SMILES string of the molecule is c1ccc(P(CCc2ccc3ccccc3c2)c2cc3ccccc3c3ccccc23)cc1. The van der Waals surface area contributed by atoms with Crippen molar-refractivity contribution >= 4 is 50.8 Å². The molecule has 0 amide bonds. The minimum absolute atomic E-state index is 0.491. The molecule has 0 aliphatic heterocycles. The largest absolute Gasteiger partial charge is 0.0622 e. The second kappa shape index (κ2) is 8.81. The molecule has 0 radical (unpaired) electrons. The normalized spacial score (nSPS) is 12.4. The average molecular weight is 441 g/mol. The Morgan fingerprint density at radius 2 is 1.09 bits per heavy atom. The fraction of sp³-hybridized carbons (Fsp3) is 0.0625. The molecule has 33 heavy (non-hydrogen) atoms. The van der Waals surface area contributed by atoms with E-state index in [-0.39, 0.29) is 0 Å². The second-order valence-corrected chi connectivity index (χ2v) is 10.9. The van der Waals surface area contributed by atoms with E-state index in [1.165, 1.54) is 48.5 Å². The van der Waals surface area contributed by atoms with Crippen molar-refractivity contribution < 1.29 is 0 Å². The van der Waals surface area contributed by atoms with Crippen LogP contribution in [0.3, 0.4) is 0 Å². The maximum atomic E-state index is 2.46. The third kappa shape index (κ3) is 3.92. The van der Waals surface area contributed by atoms with Gasteiger partial charge in [-0.15, -0.1) is 0 Å². The van der Waals surface area contributed by atoms with Crippen LogP contribution in [0.2, 0.25) is 0 Å². The van der Waals surface area contributed by atoms with Crippen molar-refractivity contribution in [3.05, 3.63) is 133 Å². The van der Waals surface area contributed by atoms with Crippen LogP contribution in [0.4, 0.5) is 0 Å². The molecule has 0 saturated carbocycles. The molecule has 0 N–H and O–H groups in total. The minimum Gasteiger partial charge on any atom is -0.0622 e. The number of fused-ring (bicyclic) bond motifs is 4. The Kier molecular flexibility index (Phi) is 5.38. The molecule has 0 saturated heterocycles. The molecule has 158 valence electrons. The lowest BCUT2D eigenvalue weighted by Gasteiger charge is -2.22. The number of benzene rings is 6. The van der Waals surface area contributed by atoms with Gasteiger partial charge in [0.2, 0.25) is 0 Å². The van der Waals surface area contributed by atoms with Gasteiger partial charge in [-0.05, 0) is 75.1 Å². The van der Waals surface area contributed by atoms with Crippen LogP contribution in [-0.2, 0) is 6.42 Å². The molecule has 0 nitrogen and oxygen atoms in total. The summed E-state index contributed by atoms with van der Waals surface area (Å²) in [5, 5.41) is 11.0. The summed E-state index contributed by atoms with van der Waals surface area (Å²) in [6.07, 6.45) is 2.21. The molecule has 6 rings (SSSR count). The zero-order valence-electron chi connectivity index (χ0n) is 18.5. The number of hydrogen-bond acceptors (Lipinski definition) is 0. The molecule has 1 atom stereocenters. The van der Waals surface area contributed by atoms with Gasteiger partial charge in [-0.25, -0.2) is 0 Å². The summed E-state index contributed by atoms with van der Waals surface area (Å²) in [5.74, 6) is 0. The van der Waals surface area contributed by atoms with Crippen LogP contribution in [0.1, 0.15) is 5.56 Å². The van der Waals surface area contributed by atoms with Crippen molar-refractivity contribution in [1.82, 2.24) is 0 Å². The number of rotatable bonds is 5. The Hall–Kier alpha value is -3.47. The lowest BCUT2D eigenvalue weighted by molar-refractivity contribution is 1.16. The van der Waals surface area contributed by atoms with Gasteiger partial charge >= 0.3 is 0 Å². The Labute approximate surface area is 196 Å². The van der Waals surface area contributed by atoms with E-state index in [4.69, 9.17) is 0 Å². The van der Waals surface area contributed by atoms with E-state index in [0.717, 1.165) is 12.6 Å². The highest BCUT2D eigenvalue weighted by Crippen LogP contribution is 2.39. The molecule has 0 heterocycles. The van der Waals surface area contributed by atoms with Gasteiger partial charge in [0.25, 0.3) is 0 Å². The molecule has 1 heteroatoms. The van der Waals surface area contributed by atoms with E-state index in [1.807, 2.05) is 0 Å². The molecule has 6 aromatic carbocycles. The Bertz CT molecular complexity index is 1570. The highest BCUT2D eigenvalue weighted by Gasteiger charge is 2.18. The first-order chi connectivity index (χ1) is 16.4. The summed E-state index contributed by atoms with van der Waals surface area (Å²) in [6.45, 7) is 0. The molecule has 0 aliphatic carbocycles. The van der Waals surface area contributed by atoms with Crippen LogP contribution >= 0.6 is 7.92 Å². The van der Waals surface area contributed by atoms with Crippen LogP contribution in [0.25, 0.3) is 32.3 Å². The predicted molar refractivity (Wildman–Crippen MR) is 147 cm³/mol. The molecule has 0 aromatic heterocycles. The maximum Gasteiger partial charge on any atom is -0.00972 e. The fourth-order valence-electron chi connectivity index (χ4n) is 4.89. The van der Waals surface area contributed by atoms with Gasteiger partial charge in [-0.2, -0.15) is 0 Å². The lowest BCUT2D eigenvalue weighted by Crippen LogP contribution is -2.16. The van der Waals surface area contributed by atoms with Gasteiger partial charge in [0.05, 0.1) is 0 Å². The van der Waals surface area contributed by atoms with Crippen molar-refractivity contribution in [3.8, 4) is 0 Å². The van der Waals surface area contributed by atoms with Gasteiger partial charge in [0, 0.05) is 0 Å². The fourth-order valence-corrected chi connectivity index (χ4v) is 7.46. The van der Waals surface area contributed by atoms with E-state index in [9.17, 15) is 0 Å². The van der Waals surface area contributed by atoms with Crippen molar-refractivity contribution in [2.45, 2.75) is 6.42 Å². The average Bonchev–Trinajstić information content (AvgIpc) is 2.89. The predicted octanol–water partition coefficient (Wildman–Crippen LogP) is 7.82. The highest BCUT2D eigenvalue weighted by molar-refractivity contribution is 7.73. The maximum absolute atomic E-state index is 2.46. The number of hydrogen-bond donors (Lipinski definition) is 0. The Morgan fingerprint density at radius 1 is 0.455 bits per heavy atom. The molecular weight excluding hydrogens is 415 g/mol. The van der Waals surface area contributed by atoms with Crippen LogP contribution in [0, 0.1) is 0 Å². The molecule has 1 unspecified atom stereocenters. The summed E-state index contributed by atoms with van der Waals surface area (Å²) >= 11 is 0. The summed E-state index contributed by atoms with van der Waals surface area (Å²) in [6, 6.07) is 46.9. The van der Waals surface area contributed by atoms with Crippen molar-refractivity contribution in [2.75, 3.05) is 6.16 Å². The molecule has 0 spiro atoms. The smallest absolute Gasteiger partial charge is 0.00972 e. The topological polar surface area (TPSA) is 0 Å². The van der Waals surface area contributed by atoms with Gasteiger partial charge in [0.15, 0.2) is 0 Å². The third-order valence-electron chi connectivity index (χ3n) is 6.54. The summed E-state index contributed by atoms with van der Waals surface area (Å²) in [7, 11) is -0.491. The third-order valence-corrected chi connectivity index (χ3v) is 9.09.